The van der Waals surface area contributed by atoms with Crippen molar-refractivity contribution in [2.24, 2.45) is 0 Å². The quantitative estimate of drug-likeness (QED) is 0.623. The van der Waals surface area contributed by atoms with Crippen molar-refractivity contribution in [2.75, 3.05) is 11.6 Å². The Kier molecular flexibility index (Phi) is 4.32. The number of nitrogen functional groups attached to an aromatic ring is 1. The van der Waals surface area contributed by atoms with Crippen molar-refractivity contribution in [3.63, 3.8) is 0 Å². The third-order valence-electron chi connectivity index (χ3n) is 3.07. The molecule has 2 rings (SSSR count). The van der Waals surface area contributed by atoms with Gasteiger partial charge < -0.3 is 5.73 Å². The number of anilines is 1. The Hall–Kier alpha value is -2.28. The molecule has 7 nitrogen and oxygen atoms in total. The zero-order valence-corrected chi connectivity index (χ0v) is 12.2. The summed E-state index contributed by atoms with van der Waals surface area (Å²) in [5.41, 5.74) is 5.26. The van der Waals surface area contributed by atoms with Gasteiger partial charge in [-0.05, 0) is 0 Å². The minimum atomic E-state index is -0.478. The smallest absolute Gasteiger partial charge is 0.333 e. The molecule has 0 saturated carbocycles. The van der Waals surface area contributed by atoms with Gasteiger partial charge in [-0.3, -0.25) is 13.9 Å². The first kappa shape index (κ1) is 15.1. The van der Waals surface area contributed by atoms with Crippen LogP contribution in [0.4, 0.5) is 5.82 Å². The largest absolute Gasteiger partial charge is 0.383 e. The average Bonchev–Trinajstić information content (AvgIpc) is 2.77. The number of rotatable bonds is 6. The van der Waals surface area contributed by atoms with E-state index < -0.39 is 11.2 Å². The summed E-state index contributed by atoms with van der Waals surface area (Å²) in [6.45, 7) is 7.85. The van der Waals surface area contributed by atoms with Gasteiger partial charge in [0.25, 0.3) is 5.56 Å². The number of hydrogen-bond acceptors (Lipinski definition) is 4. The molecule has 0 amide bonds. The van der Waals surface area contributed by atoms with Gasteiger partial charge in [-0.15, -0.1) is 24.8 Å². The normalized spacial score (nSPS) is 10.9. The van der Waals surface area contributed by atoms with Crippen LogP contribution in [0.5, 0.6) is 0 Å². The number of alkyl halides is 1. The highest BCUT2D eigenvalue weighted by Crippen LogP contribution is 2.15. The van der Waals surface area contributed by atoms with Crippen LogP contribution in [-0.4, -0.2) is 24.8 Å². The van der Waals surface area contributed by atoms with E-state index in [9.17, 15) is 9.59 Å². The van der Waals surface area contributed by atoms with Gasteiger partial charge >= 0.3 is 5.69 Å². The Bertz CT molecular complexity index is 815. The first-order valence-corrected chi connectivity index (χ1v) is 6.87. The SMILES string of the molecule is C=CCn1c(=O)c2c(N)n(CCCl)nc2n(CC=C)c1=O. The van der Waals surface area contributed by atoms with Gasteiger partial charge in [0, 0.05) is 19.0 Å². The maximum atomic E-state index is 12.4. The van der Waals surface area contributed by atoms with Crippen LogP contribution >= 0.6 is 11.6 Å². The van der Waals surface area contributed by atoms with Gasteiger partial charge in [-0.1, -0.05) is 12.2 Å². The summed E-state index contributed by atoms with van der Waals surface area (Å²) >= 11 is 5.69. The lowest BCUT2D eigenvalue weighted by Gasteiger charge is -2.07. The molecule has 0 atom stereocenters. The van der Waals surface area contributed by atoms with Crippen molar-refractivity contribution >= 4 is 28.5 Å². The first-order chi connectivity index (χ1) is 10.1. The van der Waals surface area contributed by atoms with Crippen LogP contribution in [0.15, 0.2) is 34.9 Å². The van der Waals surface area contributed by atoms with Crippen molar-refractivity contribution in [2.45, 2.75) is 19.6 Å². The number of nitrogens with two attached hydrogens (primary N) is 1. The summed E-state index contributed by atoms with van der Waals surface area (Å²) in [5.74, 6) is 0.497. The average molecular weight is 310 g/mol. The van der Waals surface area contributed by atoms with Crippen LogP contribution < -0.4 is 17.0 Å². The molecule has 0 spiro atoms. The van der Waals surface area contributed by atoms with Crippen molar-refractivity contribution in [1.29, 1.82) is 0 Å². The molecule has 0 aliphatic carbocycles. The summed E-state index contributed by atoms with van der Waals surface area (Å²) in [7, 11) is 0. The Balaban J connectivity index is 2.94. The molecule has 0 saturated heterocycles. The molecule has 0 radical (unpaired) electrons. The van der Waals surface area contributed by atoms with Crippen molar-refractivity contribution in [3.8, 4) is 0 Å². The molecule has 112 valence electrons. The molecule has 2 aromatic rings. The van der Waals surface area contributed by atoms with E-state index in [4.69, 9.17) is 17.3 Å². The number of hydrogen-bond donors (Lipinski definition) is 1. The monoisotopic (exact) mass is 309 g/mol. The van der Waals surface area contributed by atoms with E-state index >= 15 is 0 Å². The fourth-order valence-electron chi connectivity index (χ4n) is 2.15. The highest BCUT2D eigenvalue weighted by atomic mass is 35.5. The van der Waals surface area contributed by atoms with E-state index in [1.165, 1.54) is 15.3 Å². The van der Waals surface area contributed by atoms with Crippen molar-refractivity contribution in [3.05, 3.63) is 46.1 Å². The standard InChI is InChI=1S/C13H16ClN5O2/c1-3-6-17-11-9(10(15)19(16-11)8-5-14)12(20)18(7-4-2)13(17)21/h3-4H,1-2,5-8,15H2. The zero-order chi connectivity index (χ0) is 15.6. The second kappa shape index (κ2) is 6.01. The molecule has 2 heterocycles. The van der Waals surface area contributed by atoms with Crippen LogP contribution in [0.1, 0.15) is 0 Å². The molecule has 0 unspecified atom stereocenters. The van der Waals surface area contributed by atoms with Crippen LogP contribution in [0, 0.1) is 0 Å². The summed E-state index contributed by atoms with van der Waals surface area (Å²) in [4.78, 5) is 24.8. The third kappa shape index (κ3) is 2.40. The minimum absolute atomic E-state index is 0.102. The summed E-state index contributed by atoms with van der Waals surface area (Å²) < 4.78 is 3.85. The summed E-state index contributed by atoms with van der Waals surface area (Å²) in [5, 5.41) is 4.44. The lowest BCUT2D eigenvalue weighted by Crippen LogP contribution is -2.39. The summed E-state index contributed by atoms with van der Waals surface area (Å²) in [6.07, 6.45) is 3.03. The van der Waals surface area contributed by atoms with Gasteiger partial charge in [0.2, 0.25) is 0 Å². The number of halogens is 1. The maximum absolute atomic E-state index is 12.4. The molecule has 0 aromatic carbocycles. The van der Waals surface area contributed by atoms with Crippen molar-refractivity contribution < 1.29 is 0 Å². The fourth-order valence-corrected chi connectivity index (χ4v) is 2.31. The zero-order valence-electron chi connectivity index (χ0n) is 11.5. The van der Waals surface area contributed by atoms with Crippen LogP contribution in [0.25, 0.3) is 11.0 Å². The molecule has 0 aliphatic rings. The number of aryl methyl sites for hydroxylation is 1. The molecule has 0 aliphatic heterocycles. The van der Waals surface area contributed by atoms with Crippen molar-refractivity contribution in [1.82, 2.24) is 18.9 Å². The maximum Gasteiger partial charge on any atom is 0.333 e. The fraction of sp³-hybridized carbons (Fsp3) is 0.308. The molecule has 2 aromatic heterocycles. The molecule has 0 fully saturated rings. The van der Waals surface area contributed by atoms with Crippen LogP contribution in [-0.2, 0) is 19.6 Å². The van der Waals surface area contributed by atoms with Gasteiger partial charge in [0.05, 0.1) is 6.54 Å². The lowest BCUT2D eigenvalue weighted by molar-refractivity contribution is 0.633. The van der Waals surface area contributed by atoms with Gasteiger partial charge in [0.15, 0.2) is 5.65 Å². The topological polar surface area (TPSA) is 87.8 Å². The number of aromatic nitrogens is 4. The Morgan fingerprint density at radius 1 is 1.19 bits per heavy atom. The molecular formula is C13H16ClN5O2. The van der Waals surface area contributed by atoms with E-state index in [0.29, 0.717) is 12.4 Å². The van der Waals surface area contributed by atoms with E-state index in [0.717, 1.165) is 4.57 Å². The Labute approximate surface area is 125 Å². The van der Waals surface area contributed by atoms with Gasteiger partial charge in [0.1, 0.15) is 11.2 Å². The molecule has 8 heteroatoms. The second-order valence-corrected chi connectivity index (χ2v) is 4.76. The van der Waals surface area contributed by atoms with E-state index in [1.807, 2.05) is 0 Å². The van der Waals surface area contributed by atoms with Gasteiger partial charge in [-0.25, -0.2) is 9.48 Å². The van der Waals surface area contributed by atoms with E-state index in [-0.39, 0.29) is 29.9 Å². The third-order valence-corrected chi connectivity index (χ3v) is 3.24. The molecule has 21 heavy (non-hydrogen) atoms. The van der Waals surface area contributed by atoms with E-state index in [2.05, 4.69) is 18.3 Å². The number of nitrogens with zero attached hydrogens (tertiary/aromatic N) is 4. The predicted octanol–water partition coefficient (Wildman–Crippen LogP) is 0.553. The Morgan fingerprint density at radius 3 is 2.38 bits per heavy atom. The van der Waals surface area contributed by atoms with E-state index in [1.54, 1.807) is 6.08 Å². The van der Waals surface area contributed by atoms with Gasteiger partial charge in [-0.2, -0.15) is 5.10 Å². The van der Waals surface area contributed by atoms with Crippen LogP contribution in [0.2, 0.25) is 0 Å². The first-order valence-electron chi connectivity index (χ1n) is 6.34. The Morgan fingerprint density at radius 2 is 1.81 bits per heavy atom. The predicted molar refractivity (Wildman–Crippen MR) is 83.8 cm³/mol. The minimum Gasteiger partial charge on any atom is -0.383 e. The highest BCUT2D eigenvalue weighted by molar-refractivity contribution is 6.17. The lowest BCUT2D eigenvalue weighted by atomic mass is 10.3. The molecule has 2 N–H and O–H groups in total. The molecule has 0 bridgehead atoms. The van der Waals surface area contributed by atoms with Crippen LogP contribution in [0.3, 0.4) is 0 Å². The second-order valence-electron chi connectivity index (χ2n) is 4.38. The number of fused-ring (bicyclic) bond motifs is 1. The highest BCUT2D eigenvalue weighted by Gasteiger charge is 2.19. The molecular weight excluding hydrogens is 294 g/mol. The number of allylic oxidation sites excluding steroid dienone is 2. The summed E-state index contributed by atoms with van der Waals surface area (Å²) in [6, 6.07) is 0.